The van der Waals surface area contributed by atoms with Gasteiger partial charge in [-0.2, -0.15) is 11.8 Å². The van der Waals surface area contributed by atoms with Crippen LogP contribution >= 0.6 is 11.8 Å². The Morgan fingerprint density at radius 1 is 1.69 bits per heavy atom. The highest BCUT2D eigenvalue weighted by molar-refractivity contribution is 8.00. The molecule has 1 saturated heterocycles. The van der Waals surface area contributed by atoms with Crippen LogP contribution in [0.2, 0.25) is 0 Å². The molecule has 1 rings (SSSR count). The van der Waals surface area contributed by atoms with Crippen molar-refractivity contribution in [3.63, 3.8) is 0 Å². The minimum atomic E-state index is -0.0663. The molecule has 0 aromatic rings. The smallest absolute Gasteiger partial charge is 0.0624 e. The molecule has 1 aliphatic heterocycles. The number of rotatable bonds is 5. The number of ether oxygens (including phenoxy) is 1. The molecule has 1 fully saturated rings. The van der Waals surface area contributed by atoms with E-state index >= 15 is 0 Å². The first-order chi connectivity index (χ1) is 6.25. The van der Waals surface area contributed by atoms with Gasteiger partial charge in [-0.05, 0) is 12.2 Å². The van der Waals surface area contributed by atoms with Crippen molar-refractivity contribution in [2.24, 2.45) is 0 Å². The van der Waals surface area contributed by atoms with Gasteiger partial charge in [0, 0.05) is 18.9 Å². The molecule has 0 aliphatic carbocycles. The number of aliphatic hydroxyl groups is 1. The van der Waals surface area contributed by atoms with Crippen molar-refractivity contribution >= 4 is 11.8 Å². The number of aliphatic hydroxyl groups excluding tert-OH is 1. The Balaban J connectivity index is 2.39. The Morgan fingerprint density at radius 3 is 2.92 bits per heavy atom. The molecule has 0 saturated carbocycles. The Labute approximate surface area is 84.2 Å². The Hall–Kier alpha value is 0.230. The van der Waals surface area contributed by atoms with Crippen molar-refractivity contribution < 1.29 is 9.84 Å². The molecule has 3 nitrogen and oxygen atoms in total. The van der Waals surface area contributed by atoms with Gasteiger partial charge in [0.15, 0.2) is 0 Å². The summed E-state index contributed by atoms with van der Waals surface area (Å²) in [6.07, 6.45) is 1.05. The van der Waals surface area contributed by atoms with Crippen molar-refractivity contribution in [3.8, 4) is 0 Å². The van der Waals surface area contributed by atoms with Gasteiger partial charge in [0.1, 0.15) is 0 Å². The molecular formula is C9H19NO2S. The fourth-order valence-corrected chi connectivity index (χ4v) is 3.11. The highest BCUT2D eigenvalue weighted by Gasteiger charge is 2.39. The highest BCUT2D eigenvalue weighted by Crippen LogP contribution is 2.35. The van der Waals surface area contributed by atoms with Gasteiger partial charge in [0.05, 0.1) is 18.8 Å². The molecule has 0 aromatic heterocycles. The Kier molecular flexibility index (Phi) is 4.52. The lowest BCUT2D eigenvalue weighted by Crippen LogP contribution is -2.53. The predicted molar refractivity (Wildman–Crippen MR) is 56.2 cm³/mol. The van der Waals surface area contributed by atoms with Crippen LogP contribution in [0.25, 0.3) is 0 Å². The Bertz CT molecular complexity index is 157. The molecule has 78 valence electrons. The van der Waals surface area contributed by atoms with Crippen molar-refractivity contribution in [2.45, 2.75) is 24.1 Å². The number of nitrogens with one attached hydrogen (secondary N) is 1. The van der Waals surface area contributed by atoms with Gasteiger partial charge in [-0.15, -0.1) is 0 Å². The van der Waals surface area contributed by atoms with E-state index in [0.29, 0.717) is 11.9 Å². The van der Waals surface area contributed by atoms with Crippen molar-refractivity contribution in [1.82, 2.24) is 5.32 Å². The second-order valence-corrected chi connectivity index (χ2v) is 4.95. The molecule has 2 N–H and O–H groups in total. The van der Waals surface area contributed by atoms with Gasteiger partial charge in [-0.25, -0.2) is 0 Å². The minimum absolute atomic E-state index is 0.0663. The summed E-state index contributed by atoms with van der Waals surface area (Å²) in [4.78, 5) is 0. The van der Waals surface area contributed by atoms with Crippen molar-refractivity contribution in [2.75, 3.05) is 32.6 Å². The largest absolute Gasteiger partial charge is 0.394 e. The quantitative estimate of drug-likeness (QED) is 0.641. The highest BCUT2D eigenvalue weighted by atomic mass is 32.2. The van der Waals surface area contributed by atoms with Crippen LogP contribution in [0.5, 0.6) is 0 Å². The molecule has 1 aliphatic rings. The zero-order valence-electron chi connectivity index (χ0n) is 8.38. The van der Waals surface area contributed by atoms with E-state index in [4.69, 9.17) is 4.74 Å². The van der Waals surface area contributed by atoms with E-state index in [1.165, 1.54) is 0 Å². The van der Waals surface area contributed by atoms with E-state index in [9.17, 15) is 5.11 Å². The molecule has 0 radical (unpaired) electrons. The van der Waals surface area contributed by atoms with E-state index in [1.807, 2.05) is 11.8 Å². The maximum absolute atomic E-state index is 9.37. The van der Waals surface area contributed by atoms with Gasteiger partial charge in [-0.1, -0.05) is 6.92 Å². The van der Waals surface area contributed by atoms with Crippen LogP contribution < -0.4 is 5.32 Å². The van der Waals surface area contributed by atoms with Crippen LogP contribution in [0.4, 0.5) is 0 Å². The zero-order chi connectivity index (χ0) is 9.73. The van der Waals surface area contributed by atoms with Crippen LogP contribution in [0.15, 0.2) is 0 Å². The maximum Gasteiger partial charge on any atom is 0.0624 e. The molecule has 0 amide bonds. The van der Waals surface area contributed by atoms with Gasteiger partial charge in [0.25, 0.3) is 0 Å². The summed E-state index contributed by atoms with van der Waals surface area (Å²) in [6, 6.07) is 0. The van der Waals surface area contributed by atoms with E-state index in [-0.39, 0.29) is 12.1 Å². The van der Waals surface area contributed by atoms with Crippen LogP contribution in [0.3, 0.4) is 0 Å². The van der Waals surface area contributed by atoms with Gasteiger partial charge in [0.2, 0.25) is 0 Å². The average Bonchev–Trinajstić information content (AvgIpc) is 2.49. The average molecular weight is 205 g/mol. The molecule has 0 spiro atoms. The lowest BCUT2D eigenvalue weighted by molar-refractivity contribution is 0.139. The van der Waals surface area contributed by atoms with E-state index < -0.39 is 0 Å². The fraction of sp³-hybridized carbons (Fsp3) is 1.00. The Morgan fingerprint density at radius 2 is 2.46 bits per heavy atom. The number of methoxy groups -OCH3 is 1. The summed E-state index contributed by atoms with van der Waals surface area (Å²) in [5.74, 6) is 1.14. The summed E-state index contributed by atoms with van der Waals surface area (Å²) < 4.78 is 4.98. The number of hydrogen-bond acceptors (Lipinski definition) is 4. The molecular weight excluding hydrogens is 186 g/mol. The van der Waals surface area contributed by atoms with Crippen LogP contribution in [0.1, 0.15) is 13.3 Å². The van der Waals surface area contributed by atoms with Gasteiger partial charge >= 0.3 is 0 Å². The first-order valence-corrected chi connectivity index (χ1v) is 5.76. The lowest BCUT2D eigenvalue weighted by atomic mass is 9.94. The van der Waals surface area contributed by atoms with Crippen LogP contribution in [-0.4, -0.2) is 48.5 Å². The molecule has 1 heterocycles. The molecule has 2 atom stereocenters. The minimum Gasteiger partial charge on any atom is -0.394 e. The van der Waals surface area contributed by atoms with Gasteiger partial charge < -0.3 is 15.2 Å². The molecule has 2 unspecified atom stereocenters. The fourth-order valence-electron chi connectivity index (χ4n) is 1.68. The molecule has 13 heavy (non-hydrogen) atoms. The third-order valence-corrected chi connectivity index (χ3v) is 4.15. The van der Waals surface area contributed by atoms with Crippen molar-refractivity contribution in [1.29, 1.82) is 0 Å². The van der Waals surface area contributed by atoms with Crippen molar-refractivity contribution in [3.05, 3.63) is 0 Å². The third kappa shape index (κ3) is 2.59. The van der Waals surface area contributed by atoms with E-state index in [0.717, 1.165) is 18.7 Å². The van der Waals surface area contributed by atoms with Crippen LogP contribution in [0, 0.1) is 0 Å². The summed E-state index contributed by atoms with van der Waals surface area (Å²) in [6.45, 7) is 3.93. The molecule has 0 aromatic carbocycles. The first-order valence-electron chi connectivity index (χ1n) is 4.71. The number of thioether (sulfide) groups is 1. The third-order valence-electron chi connectivity index (χ3n) is 2.76. The standard InChI is InChI=1S/C9H19NO2S/c1-8-9(7-11,3-6-13-8)10-4-5-12-2/h8,10-11H,3-7H2,1-2H3. The number of hydrogen-bond donors (Lipinski definition) is 2. The monoisotopic (exact) mass is 205 g/mol. The first kappa shape index (κ1) is 11.3. The normalized spacial score (nSPS) is 33.9. The maximum atomic E-state index is 9.37. The zero-order valence-corrected chi connectivity index (χ0v) is 9.19. The topological polar surface area (TPSA) is 41.5 Å². The van der Waals surface area contributed by atoms with Gasteiger partial charge in [-0.3, -0.25) is 0 Å². The molecule has 4 heteroatoms. The SMILES string of the molecule is COCCNC1(CO)CCSC1C. The molecule has 0 bridgehead atoms. The summed E-state index contributed by atoms with van der Waals surface area (Å²) in [5.41, 5.74) is -0.0663. The second kappa shape index (κ2) is 5.20. The summed E-state index contributed by atoms with van der Waals surface area (Å²) >= 11 is 1.92. The predicted octanol–water partition coefficient (Wildman–Crippen LogP) is 0.479. The second-order valence-electron chi connectivity index (χ2n) is 3.50. The van der Waals surface area contributed by atoms with E-state index in [2.05, 4.69) is 12.2 Å². The lowest BCUT2D eigenvalue weighted by Gasteiger charge is -2.32. The summed E-state index contributed by atoms with van der Waals surface area (Å²) in [5, 5.41) is 13.3. The summed E-state index contributed by atoms with van der Waals surface area (Å²) in [7, 11) is 1.69. The van der Waals surface area contributed by atoms with Crippen LogP contribution in [-0.2, 0) is 4.74 Å². The van der Waals surface area contributed by atoms with E-state index in [1.54, 1.807) is 7.11 Å².